The summed E-state index contributed by atoms with van der Waals surface area (Å²) in [5, 5.41) is 2.94. The summed E-state index contributed by atoms with van der Waals surface area (Å²) in [6, 6.07) is -0.830. The van der Waals surface area contributed by atoms with Gasteiger partial charge in [-0.25, -0.2) is 0 Å². The average molecular weight is 296 g/mol. The van der Waals surface area contributed by atoms with Gasteiger partial charge in [0.15, 0.2) is 0 Å². The molecule has 1 aliphatic heterocycles. The molecule has 4 heteroatoms. The maximum absolute atomic E-state index is 13.0. The third-order valence-corrected chi connectivity index (χ3v) is 4.52. The monoisotopic (exact) mass is 296 g/mol. The number of piperazine rings is 1. The van der Waals surface area contributed by atoms with Gasteiger partial charge in [0.1, 0.15) is 12.1 Å². The molecule has 3 unspecified atom stereocenters. The lowest BCUT2D eigenvalue weighted by Gasteiger charge is -2.50. The molecule has 21 heavy (non-hydrogen) atoms. The van der Waals surface area contributed by atoms with Gasteiger partial charge in [-0.15, -0.1) is 0 Å². The van der Waals surface area contributed by atoms with E-state index < -0.39 is 6.04 Å². The highest BCUT2D eigenvalue weighted by Crippen LogP contribution is 2.33. The summed E-state index contributed by atoms with van der Waals surface area (Å²) in [7, 11) is 0. The molecule has 0 saturated carbocycles. The topological polar surface area (TPSA) is 49.4 Å². The molecule has 0 aromatic rings. The molecule has 1 N–H and O–H groups in total. The van der Waals surface area contributed by atoms with Crippen LogP contribution in [0.25, 0.3) is 0 Å². The van der Waals surface area contributed by atoms with Crippen molar-refractivity contribution in [3.63, 3.8) is 0 Å². The molecule has 3 atom stereocenters. The summed E-state index contributed by atoms with van der Waals surface area (Å²) < 4.78 is 0. The number of carbonyl (C=O) groups excluding carboxylic acids is 2. The molecule has 1 aliphatic rings. The molecular formula is C17H32N2O2. The fourth-order valence-electron chi connectivity index (χ4n) is 2.76. The number of hydrogen-bond acceptors (Lipinski definition) is 2. The van der Waals surface area contributed by atoms with Crippen LogP contribution in [0.2, 0.25) is 0 Å². The Hall–Kier alpha value is -1.06. The van der Waals surface area contributed by atoms with Crippen LogP contribution in [-0.2, 0) is 9.59 Å². The number of carbonyl (C=O) groups is 2. The van der Waals surface area contributed by atoms with Crippen molar-refractivity contribution in [3.8, 4) is 0 Å². The van der Waals surface area contributed by atoms with Crippen LogP contribution in [0.15, 0.2) is 0 Å². The van der Waals surface area contributed by atoms with E-state index in [4.69, 9.17) is 0 Å². The summed E-state index contributed by atoms with van der Waals surface area (Å²) in [5.74, 6) is 0.114. The van der Waals surface area contributed by atoms with E-state index in [1.165, 1.54) is 0 Å². The van der Waals surface area contributed by atoms with Gasteiger partial charge in [0.2, 0.25) is 11.8 Å². The maximum Gasteiger partial charge on any atom is 0.246 e. The van der Waals surface area contributed by atoms with Crippen molar-refractivity contribution in [2.45, 2.75) is 80.4 Å². The van der Waals surface area contributed by atoms with Crippen LogP contribution in [0.1, 0.15) is 62.3 Å². The molecule has 0 aromatic carbocycles. The summed E-state index contributed by atoms with van der Waals surface area (Å²) in [6.07, 6.45) is 0. The number of rotatable bonds is 2. The van der Waals surface area contributed by atoms with E-state index in [1.807, 2.05) is 46.4 Å². The fourth-order valence-corrected chi connectivity index (χ4v) is 2.76. The Morgan fingerprint density at radius 3 is 1.81 bits per heavy atom. The van der Waals surface area contributed by atoms with Crippen LogP contribution < -0.4 is 5.32 Å². The van der Waals surface area contributed by atoms with Crippen molar-refractivity contribution in [2.24, 2.45) is 16.7 Å². The van der Waals surface area contributed by atoms with Gasteiger partial charge in [0.25, 0.3) is 0 Å². The Bertz CT molecular complexity index is 415. The van der Waals surface area contributed by atoms with E-state index in [1.54, 1.807) is 0 Å². The third kappa shape index (κ3) is 3.58. The molecule has 1 heterocycles. The maximum atomic E-state index is 13.0. The second-order valence-corrected chi connectivity index (χ2v) is 8.78. The van der Waals surface area contributed by atoms with E-state index in [9.17, 15) is 9.59 Å². The third-order valence-electron chi connectivity index (χ3n) is 4.52. The molecule has 4 nitrogen and oxygen atoms in total. The molecule has 2 amide bonds. The minimum atomic E-state index is -0.454. The Balaban J connectivity index is 3.28. The first-order valence-electron chi connectivity index (χ1n) is 7.91. The molecule has 122 valence electrons. The molecule has 0 bridgehead atoms. The molecule has 0 spiro atoms. The van der Waals surface area contributed by atoms with Crippen LogP contribution in [0.4, 0.5) is 0 Å². The van der Waals surface area contributed by atoms with E-state index >= 15 is 0 Å². The zero-order valence-corrected chi connectivity index (χ0v) is 15.1. The normalized spacial score (nSPS) is 26.1. The first-order valence-corrected chi connectivity index (χ1v) is 7.91. The summed E-state index contributed by atoms with van der Waals surface area (Å²) in [5.41, 5.74) is -0.354. The fraction of sp³-hybridized carbons (Fsp3) is 0.882. The van der Waals surface area contributed by atoms with Gasteiger partial charge in [-0.2, -0.15) is 0 Å². The van der Waals surface area contributed by atoms with Gasteiger partial charge in [0, 0.05) is 6.04 Å². The largest absolute Gasteiger partial charge is 0.342 e. The van der Waals surface area contributed by atoms with Gasteiger partial charge >= 0.3 is 0 Å². The standard InChI is InChI=1S/C17H32N2O2/c1-10(2)12-14(20)18-13(17(7,8)9)15(21)19(12)11(3)16(4,5)6/h10-13H,1-9H3,(H,18,20). The van der Waals surface area contributed by atoms with Crippen molar-refractivity contribution in [1.29, 1.82) is 0 Å². The van der Waals surface area contributed by atoms with E-state index in [0.29, 0.717) is 0 Å². The molecule has 0 aliphatic carbocycles. The minimum absolute atomic E-state index is 0.00769. The highest BCUT2D eigenvalue weighted by molar-refractivity contribution is 5.97. The number of nitrogens with zero attached hydrogens (tertiary/aromatic N) is 1. The smallest absolute Gasteiger partial charge is 0.246 e. The van der Waals surface area contributed by atoms with E-state index in [-0.39, 0.29) is 40.6 Å². The van der Waals surface area contributed by atoms with Crippen molar-refractivity contribution in [1.82, 2.24) is 10.2 Å². The molecule has 1 saturated heterocycles. The lowest BCUT2D eigenvalue weighted by Crippen LogP contribution is -2.70. The van der Waals surface area contributed by atoms with E-state index in [2.05, 4.69) is 26.1 Å². The Morgan fingerprint density at radius 2 is 1.48 bits per heavy atom. The highest BCUT2D eigenvalue weighted by atomic mass is 16.2. The summed E-state index contributed by atoms with van der Waals surface area (Å²) in [4.78, 5) is 27.4. The molecule has 1 rings (SSSR count). The van der Waals surface area contributed by atoms with Crippen LogP contribution in [0.5, 0.6) is 0 Å². The summed E-state index contributed by atoms with van der Waals surface area (Å²) >= 11 is 0. The average Bonchev–Trinajstić information content (AvgIpc) is 2.26. The Kier molecular flexibility index (Phi) is 4.81. The van der Waals surface area contributed by atoms with Gasteiger partial charge < -0.3 is 10.2 Å². The van der Waals surface area contributed by atoms with Gasteiger partial charge in [-0.05, 0) is 23.7 Å². The first kappa shape index (κ1) is 18.0. The van der Waals surface area contributed by atoms with Gasteiger partial charge in [-0.3, -0.25) is 9.59 Å². The molecule has 1 fully saturated rings. The predicted molar refractivity (Wildman–Crippen MR) is 85.8 cm³/mol. The minimum Gasteiger partial charge on any atom is -0.342 e. The van der Waals surface area contributed by atoms with Crippen LogP contribution in [0.3, 0.4) is 0 Å². The number of nitrogens with one attached hydrogen (secondary N) is 1. The molecular weight excluding hydrogens is 264 g/mol. The molecule has 0 radical (unpaired) electrons. The van der Waals surface area contributed by atoms with Gasteiger partial charge in [0.05, 0.1) is 0 Å². The number of hydrogen-bond donors (Lipinski definition) is 1. The van der Waals surface area contributed by atoms with Crippen molar-refractivity contribution < 1.29 is 9.59 Å². The second kappa shape index (κ2) is 5.62. The van der Waals surface area contributed by atoms with Crippen molar-refractivity contribution >= 4 is 11.8 Å². The van der Waals surface area contributed by atoms with Crippen LogP contribution >= 0.6 is 0 Å². The van der Waals surface area contributed by atoms with Crippen molar-refractivity contribution in [2.75, 3.05) is 0 Å². The van der Waals surface area contributed by atoms with Gasteiger partial charge in [-0.1, -0.05) is 55.4 Å². The second-order valence-electron chi connectivity index (χ2n) is 8.78. The summed E-state index contributed by atoms with van der Waals surface area (Å²) in [6.45, 7) is 18.4. The molecule has 0 aromatic heterocycles. The van der Waals surface area contributed by atoms with Crippen molar-refractivity contribution in [3.05, 3.63) is 0 Å². The Morgan fingerprint density at radius 1 is 1.00 bits per heavy atom. The number of amides is 2. The zero-order chi connectivity index (χ0) is 16.7. The lowest BCUT2D eigenvalue weighted by atomic mass is 9.79. The van der Waals surface area contributed by atoms with Crippen LogP contribution in [-0.4, -0.2) is 34.8 Å². The first-order chi connectivity index (χ1) is 9.28. The Labute approximate surface area is 129 Å². The quantitative estimate of drug-likeness (QED) is 0.852. The van der Waals surface area contributed by atoms with E-state index in [0.717, 1.165) is 0 Å². The highest BCUT2D eigenvalue weighted by Gasteiger charge is 2.49. The lowest BCUT2D eigenvalue weighted by molar-refractivity contribution is -0.159. The zero-order valence-electron chi connectivity index (χ0n) is 15.1. The predicted octanol–water partition coefficient (Wildman–Crippen LogP) is 2.82. The van der Waals surface area contributed by atoms with Crippen LogP contribution in [0, 0.1) is 16.7 Å². The SMILES string of the molecule is CC(C)C1C(=O)NC(C(C)(C)C)C(=O)N1C(C)C(C)(C)C.